The van der Waals surface area contributed by atoms with E-state index in [9.17, 15) is 22.8 Å². The van der Waals surface area contributed by atoms with Crippen molar-refractivity contribution in [2.45, 2.75) is 6.04 Å². The van der Waals surface area contributed by atoms with Gasteiger partial charge in [0.1, 0.15) is 6.54 Å². The number of halogens is 1. The van der Waals surface area contributed by atoms with E-state index < -0.39 is 39.5 Å². The van der Waals surface area contributed by atoms with E-state index in [1.807, 2.05) is 0 Å². The molecule has 136 valence electrons. The summed E-state index contributed by atoms with van der Waals surface area (Å²) in [6, 6.07) is 6.13. The fraction of sp³-hybridized carbons (Fsp3) is 0.188. The number of thioether (sulfide) groups is 1. The summed E-state index contributed by atoms with van der Waals surface area (Å²) in [5.74, 6) is -1.41. The van der Waals surface area contributed by atoms with Crippen molar-refractivity contribution in [2.24, 2.45) is 0 Å². The van der Waals surface area contributed by atoms with Crippen molar-refractivity contribution in [1.29, 1.82) is 0 Å². The summed E-state index contributed by atoms with van der Waals surface area (Å²) in [5, 5.41) is 3.45. The molecular formula is C16H13ClN2O5S2. The number of benzene rings is 1. The highest BCUT2D eigenvalue weighted by Crippen LogP contribution is 2.32. The summed E-state index contributed by atoms with van der Waals surface area (Å²) in [4.78, 5) is 37.5. The van der Waals surface area contributed by atoms with Crippen LogP contribution in [0.2, 0.25) is 5.02 Å². The van der Waals surface area contributed by atoms with Crippen LogP contribution in [0.3, 0.4) is 0 Å². The molecule has 3 amide bonds. The number of hydrogen-bond acceptors (Lipinski definition) is 6. The molecule has 0 aliphatic carbocycles. The minimum absolute atomic E-state index is 0.188. The fourth-order valence-corrected chi connectivity index (χ4v) is 4.72. The summed E-state index contributed by atoms with van der Waals surface area (Å²) in [5.41, 5.74) is 0.661. The minimum atomic E-state index is -3.30. The molecule has 0 radical (unpaired) electrons. The van der Waals surface area contributed by atoms with Gasteiger partial charge in [-0.2, -0.15) is 0 Å². The third-order valence-corrected chi connectivity index (χ3v) is 6.14. The van der Waals surface area contributed by atoms with Gasteiger partial charge in [0.05, 0.1) is 16.7 Å². The van der Waals surface area contributed by atoms with Gasteiger partial charge in [-0.05, 0) is 41.6 Å². The molecule has 0 unspecified atom stereocenters. The van der Waals surface area contributed by atoms with E-state index in [-0.39, 0.29) is 10.7 Å². The topological polar surface area (TPSA) is 101 Å². The van der Waals surface area contributed by atoms with Gasteiger partial charge in [0.25, 0.3) is 11.1 Å². The number of carbonyl (C=O) groups is 3. The van der Waals surface area contributed by atoms with Gasteiger partial charge in [0.15, 0.2) is 9.84 Å². The SMILES string of the molecule is O=C(CN1C(=O)S/C(=C\c2cccc(Cl)c2)C1=O)N[C@@H]1C=CS(=O)(=O)C1. The number of imide groups is 1. The fourth-order valence-electron chi connectivity index (χ4n) is 2.45. The molecule has 0 bridgehead atoms. The van der Waals surface area contributed by atoms with Crippen molar-refractivity contribution in [3.63, 3.8) is 0 Å². The molecule has 1 aromatic carbocycles. The van der Waals surface area contributed by atoms with E-state index in [2.05, 4.69) is 5.32 Å². The molecule has 26 heavy (non-hydrogen) atoms. The molecule has 10 heteroatoms. The Labute approximate surface area is 159 Å². The number of sulfone groups is 1. The Morgan fingerprint density at radius 1 is 1.38 bits per heavy atom. The predicted octanol–water partition coefficient (Wildman–Crippen LogP) is 1.80. The van der Waals surface area contributed by atoms with Crippen LogP contribution in [0.4, 0.5) is 4.79 Å². The zero-order chi connectivity index (χ0) is 18.9. The van der Waals surface area contributed by atoms with E-state index >= 15 is 0 Å². The third-order valence-electron chi connectivity index (χ3n) is 3.60. The smallest absolute Gasteiger partial charge is 0.294 e. The van der Waals surface area contributed by atoms with Gasteiger partial charge in [-0.1, -0.05) is 23.7 Å². The van der Waals surface area contributed by atoms with Gasteiger partial charge in [0, 0.05) is 10.4 Å². The highest BCUT2D eigenvalue weighted by molar-refractivity contribution is 8.18. The van der Waals surface area contributed by atoms with E-state index in [0.717, 1.165) is 22.1 Å². The normalized spacial score (nSPS) is 23.0. The summed E-state index contributed by atoms with van der Waals surface area (Å²) in [6.07, 6.45) is 2.89. The lowest BCUT2D eigenvalue weighted by Crippen LogP contribution is -2.43. The zero-order valence-electron chi connectivity index (χ0n) is 13.2. The summed E-state index contributed by atoms with van der Waals surface area (Å²) in [6.45, 7) is -0.470. The molecule has 3 rings (SSSR count). The van der Waals surface area contributed by atoms with Crippen molar-refractivity contribution >= 4 is 56.3 Å². The molecule has 7 nitrogen and oxygen atoms in total. The molecule has 2 heterocycles. The Morgan fingerprint density at radius 2 is 2.15 bits per heavy atom. The van der Waals surface area contributed by atoms with Crippen LogP contribution >= 0.6 is 23.4 Å². The van der Waals surface area contributed by atoms with Crippen LogP contribution in [0.1, 0.15) is 5.56 Å². The summed E-state index contributed by atoms with van der Waals surface area (Å²) >= 11 is 6.63. The van der Waals surface area contributed by atoms with Gasteiger partial charge in [-0.25, -0.2) is 8.42 Å². The number of nitrogens with zero attached hydrogens (tertiary/aromatic N) is 1. The molecule has 0 saturated carbocycles. The van der Waals surface area contributed by atoms with Gasteiger partial charge in [0.2, 0.25) is 5.91 Å². The van der Waals surface area contributed by atoms with Crippen LogP contribution in [-0.2, 0) is 19.4 Å². The molecule has 1 atom stereocenters. The lowest BCUT2D eigenvalue weighted by atomic mass is 10.2. The van der Waals surface area contributed by atoms with E-state index in [0.29, 0.717) is 10.6 Å². The van der Waals surface area contributed by atoms with Gasteiger partial charge < -0.3 is 5.32 Å². The number of rotatable bonds is 4. The van der Waals surface area contributed by atoms with Crippen molar-refractivity contribution in [3.8, 4) is 0 Å². The average Bonchev–Trinajstić information content (AvgIpc) is 3.01. The van der Waals surface area contributed by atoms with Crippen molar-refractivity contribution in [1.82, 2.24) is 10.2 Å². The van der Waals surface area contributed by atoms with Crippen LogP contribution in [0.5, 0.6) is 0 Å². The van der Waals surface area contributed by atoms with Crippen molar-refractivity contribution < 1.29 is 22.8 Å². The standard InChI is InChI=1S/C16H13ClN2O5S2/c17-11-3-1-2-10(6-11)7-13-15(21)19(16(22)25-13)8-14(20)18-12-4-5-26(23,24)9-12/h1-7,12H,8-9H2,(H,18,20)/b13-7-/t12-/m1/s1. The molecular weight excluding hydrogens is 400 g/mol. The first-order valence-corrected chi connectivity index (χ1v) is 10.4. The van der Waals surface area contributed by atoms with Crippen molar-refractivity contribution in [3.05, 3.63) is 51.2 Å². The van der Waals surface area contributed by atoms with Crippen LogP contribution in [-0.4, -0.2) is 48.7 Å². The second-order valence-corrected chi connectivity index (χ2v) is 9.02. The Bertz CT molecular complexity index is 955. The first-order chi connectivity index (χ1) is 12.2. The van der Waals surface area contributed by atoms with E-state index in [1.165, 1.54) is 12.2 Å². The molecule has 1 N–H and O–H groups in total. The Balaban J connectivity index is 1.66. The molecule has 1 aromatic rings. The molecule has 1 fully saturated rings. The Morgan fingerprint density at radius 3 is 2.81 bits per heavy atom. The van der Waals surface area contributed by atoms with E-state index in [4.69, 9.17) is 11.6 Å². The zero-order valence-corrected chi connectivity index (χ0v) is 15.6. The molecule has 2 aliphatic rings. The maximum Gasteiger partial charge on any atom is 0.294 e. The van der Waals surface area contributed by atoms with Gasteiger partial charge in [-0.3, -0.25) is 19.3 Å². The molecule has 2 aliphatic heterocycles. The second-order valence-electron chi connectivity index (χ2n) is 5.65. The van der Waals surface area contributed by atoms with Crippen LogP contribution < -0.4 is 5.32 Å². The van der Waals surface area contributed by atoms with Crippen LogP contribution in [0.15, 0.2) is 40.7 Å². The summed E-state index contributed by atoms with van der Waals surface area (Å²) in [7, 11) is -3.30. The Hall–Kier alpha value is -2.10. The monoisotopic (exact) mass is 412 g/mol. The highest BCUT2D eigenvalue weighted by atomic mass is 35.5. The number of nitrogens with one attached hydrogen (secondary N) is 1. The molecule has 0 spiro atoms. The Kier molecular flexibility index (Phi) is 5.22. The minimum Gasteiger partial charge on any atom is -0.347 e. The van der Waals surface area contributed by atoms with Crippen LogP contribution in [0.25, 0.3) is 6.08 Å². The number of hydrogen-bond donors (Lipinski definition) is 1. The second kappa shape index (κ2) is 7.26. The van der Waals surface area contributed by atoms with E-state index in [1.54, 1.807) is 24.3 Å². The summed E-state index contributed by atoms with van der Waals surface area (Å²) < 4.78 is 22.7. The average molecular weight is 413 g/mol. The first-order valence-electron chi connectivity index (χ1n) is 7.45. The maximum atomic E-state index is 12.4. The lowest BCUT2D eigenvalue weighted by Gasteiger charge is -2.14. The maximum absolute atomic E-state index is 12.4. The van der Waals surface area contributed by atoms with Crippen LogP contribution in [0, 0.1) is 0 Å². The number of carbonyl (C=O) groups excluding carboxylic acids is 3. The highest BCUT2D eigenvalue weighted by Gasteiger charge is 2.36. The predicted molar refractivity (Wildman–Crippen MR) is 99.0 cm³/mol. The molecule has 1 saturated heterocycles. The quantitative estimate of drug-likeness (QED) is 0.757. The lowest BCUT2D eigenvalue weighted by molar-refractivity contribution is -0.129. The van der Waals surface area contributed by atoms with Gasteiger partial charge in [-0.15, -0.1) is 0 Å². The van der Waals surface area contributed by atoms with Gasteiger partial charge >= 0.3 is 0 Å². The molecule has 0 aromatic heterocycles. The first kappa shape index (κ1) is 18.7. The largest absolute Gasteiger partial charge is 0.347 e. The third kappa shape index (κ3) is 4.35. The van der Waals surface area contributed by atoms with Crippen molar-refractivity contribution in [2.75, 3.05) is 12.3 Å². The number of amides is 3.